The minimum absolute atomic E-state index is 0.0435. The average molecular weight is 331 g/mol. The Morgan fingerprint density at radius 2 is 1.82 bits per heavy atom. The topological polar surface area (TPSA) is 35.5 Å². The van der Waals surface area contributed by atoms with Crippen LogP contribution in [-0.2, 0) is 11.0 Å². The van der Waals surface area contributed by atoms with Gasteiger partial charge in [-0.2, -0.15) is 13.2 Å². The normalized spacial score (nSPS) is 11.1. The third-order valence-corrected chi connectivity index (χ3v) is 2.78. The number of hydrogen-bond donors (Lipinski definition) is 0. The van der Waals surface area contributed by atoms with Crippen LogP contribution >= 0.6 is 11.6 Å². The van der Waals surface area contributed by atoms with Gasteiger partial charge < -0.3 is 9.47 Å². The fourth-order valence-electron chi connectivity index (χ4n) is 1.66. The maximum atomic E-state index is 12.7. The van der Waals surface area contributed by atoms with Crippen molar-refractivity contribution in [3.8, 4) is 17.2 Å². The molecule has 0 N–H and O–H groups in total. The molecule has 0 atom stereocenters. The van der Waals surface area contributed by atoms with Gasteiger partial charge in [-0.25, -0.2) is 0 Å². The van der Waals surface area contributed by atoms with Crippen LogP contribution in [0.4, 0.5) is 13.2 Å². The van der Waals surface area contributed by atoms with Crippen LogP contribution in [0.25, 0.3) is 0 Å². The predicted octanol–water partition coefficient (Wildman–Crippen LogP) is 5.08. The second kappa shape index (κ2) is 6.27. The lowest BCUT2D eigenvalue weighted by molar-refractivity contribution is -0.137. The first-order chi connectivity index (χ1) is 10.3. The van der Waals surface area contributed by atoms with Gasteiger partial charge in [0.1, 0.15) is 5.75 Å². The van der Waals surface area contributed by atoms with Gasteiger partial charge >= 0.3 is 12.1 Å². The number of alkyl halides is 3. The average Bonchev–Trinajstić information content (AvgIpc) is 2.41. The van der Waals surface area contributed by atoms with Crippen LogP contribution in [0.1, 0.15) is 12.5 Å². The Kier molecular flexibility index (Phi) is 4.61. The molecule has 7 heteroatoms. The summed E-state index contributed by atoms with van der Waals surface area (Å²) in [4.78, 5) is 11.0. The monoisotopic (exact) mass is 330 g/mol. The molecule has 22 heavy (non-hydrogen) atoms. The van der Waals surface area contributed by atoms with Crippen molar-refractivity contribution in [2.45, 2.75) is 13.1 Å². The van der Waals surface area contributed by atoms with Crippen LogP contribution in [0.2, 0.25) is 5.02 Å². The Morgan fingerprint density at radius 3 is 2.45 bits per heavy atom. The van der Waals surface area contributed by atoms with Gasteiger partial charge in [-0.1, -0.05) is 17.7 Å². The third-order valence-electron chi connectivity index (χ3n) is 2.55. The molecule has 0 bridgehead atoms. The van der Waals surface area contributed by atoms with Crippen LogP contribution in [0, 0.1) is 0 Å². The van der Waals surface area contributed by atoms with Gasteiger partial charge in [-0.05, 0) is 30.3 Å². The highest BCUT2D eigenvalue weighted by Crippen LogP contribution is 2.36. The molecule has 2 aromatic rings. The molecule has 0 saturated heterocycles. The highest BCUT2D eigenvalue weighted by molar-refractivity contribution is 6.30. The van der Waals surface area contributed by atoms with E-state index >= 15 is 0 Å². The van der Waals surface area contributed by atoms with Gasteiger partial charge in [0.25, 0.3) is 0 Å². The molecule has 0 unspecified atom stereocenters. The van der Waals surface area contributed by atoms with E-state index in [9.17, 15) is 18.0 Å². The lowest BCUT2D eigenvalue weighted by Crippen LogP contribution is -2.05. The SMILES string of the molecule is CC(=O)Oc1ccc(Cl)cc1Oc1cccc(C(F)(F)F)c1. The van der Waals surface area contributed by atoms with Crippen LogP contribution in [0.5, 0.6) is 17.2 Å². The molecule has 0 aliphatic rings. The number of halogens is 4. The molecular formula is C15H10ClF3O3. The largest absolute Gasteiger partial charge is 0.453 e. The first-order valence-corrected chi connectivity index (χ1v) is 6.46. The Labute approximate surface area is 129 Å². The molecule has 0 spiro atoms. The van der Waals surface area contributed by atoms with Crippen LogP contribution < -0.4 is 9.47 Å². The van der Waals surface area contributed by atoms with Gasteiger partial charge in [0.2, 0.25) is 0 Å². The van der Waals surface area contributed by atoms with E-state index in [1.807, 2.05) is 0 Å². The van der Waals surface area contributed by atoms with Gasteiger partial charge in [0, 0.05) is 18.0 Å². The third kappa shape index (κ3) is 4.14. The van der Waals surface area contributed by atoms with E-state index in [-0.39, 0.29) is 22.3 Å². The molecule has 2 aromatic carbocycles. The summed E-state index contributed by atoms with van der Waals surface area (Å²) in [6, 6.07) is 8.56. The fourth-order valence-corrected chi connectivity index (χ4v) is 1.83. The maximum Gasteiger partial charge on any atom is 0.416 e. The first-order valence-electron chi connectivity index (χ1n) is 6.09. The summed E-state index contributed by atoms with van der Waals surface area (Å²) in [5.74, 6) is -0.530. The number of rotatable bonds is 3. The summed E-state index contributed by atoms with van der Waals surface area (Å²) in [6.07, 6.45) is -4.48. The van der Waals surface area contributed by atoms with E-state index in [4.69, 9.17) is 21.1 Å². The van der Waals surface area contributed by atoms with Gasteiger partial charge in [0.05, 0.1) is 5.56 Å². The Bertz CT molecular complexity index is 699. The van der Waals surface area contributed by atoms with Crippen molar-refractivity contribution in [3.05, 3.63) is 53.1 Å². The zero-order valence-corrected chi connectivity index (χ0v) is 12.0. The summed E-state index contributed by atoms with van der Waals surface area (Å²) >= 11 is 5.82. The van der Waals surface area contributed by atoms with Gasteiger partial charge in [-0.3, -0.25) is 4.79 Å². The van der Waals surface area contributed by atoms with E-state index in [2.05, 4.69) is 0 Å². The van der Waals surface area contributed by atoms with Crippen molar-refractivity contribution < 1.29 is 27.4 Å². The zero-order valence-electron chi connectivity index (χ0n) is 11.3. The summed E-state index contributed by atoms with van der Waals surface area (Å²) in [5, 5.41) is 0.290. The van der Waals surface area contributed by atoms with Crippen molar-refractivity contribution in [1.29, 1.82) is 0 Å². The predicted molar refractivity (Wildman–Crippen MR) is 74.3 cm³/mol. The van der Waals surface area contributed by atoms with Crippen molar-refractivity contribution in [2.75, 3.05) is 0 Å². The van der Waals surface area contributed by atoms with E-state index in [0.717, 1.165) is 12.1 Å². The Balaban J connectivity index is 2.34. The Morgan fingerprint density at radius 1 is 1.09 bits per heavy atom. The lowest BCUT2D eigenvalue weighted by atomic mass is 10.2. The molecule has 0 saturated carbocycles. The fraction of sp³-hybridized carbons (Fsp3) is 0.133. The summed E-state index contributed by atoms with van der Waals surface area (Å²) in [7, 11) is 0. The van der Waals surface area contributed by atoms with Gasteiger partial charge in [0.15, 0.2) is 11.5 Å². The van der Waals surface area contributed by atoms with Crippen molar-refractivity contribution in [2.24, 2.45) is 0 Å². The van der Waals surface area contributed by atoms with E-state index in [1.165, 1.54) is 37.3 Å². The summed E-state index contributed by atoms with van der Waals surface area (Å²) in [6.45, 7) is 1.20. The quantitative estimate of drug-likeness (QED) is 0.582. The first kappa shape index (κ1) is 16.2. The molecule has 0 amide bonds. The molecule has 0 fully saturated rings. The van der Waals surface area contributed by atoms with Gasteiger partial charge in [-0.15, -0.1) is 0 Å². The lowest BCUT2D eigenvalue weighted by Gasteiger charge is -2.12. The number of ether oxygens (including phenoxy) is 2. The van der Waals surface area contributed by atoms with E-state index in [0.29, 0.717) is 0 Å². The number of benzene rings is 2. The maximum absolute atomic E-state index is 12.7. The standard InChI is InChI=1S/C15H10ClF3O3/c1-9(20)21-13-6-5-11(16)8-14(13)22-12-4-2-3-10(7-12)15(17,18)19/h2-8H,1H3. The molecule has 0 heterocycles. The molecule has 0 aliphatic carbocycles. The molecule has 0 radical (unpaired) electrons. The Hall–Kier alpha value is -2.21. The molecular weight excluding hydrogens is 321 g/mol. The minimum atomic E-state index is -4.48. The van der Waals surface area contributed by atoms with Crippen molar-refractivity contribution >= 4 is 17.6 Å². The zero-order chi connectivity index (χ0) is 16.3. The summed E-state index contributed by atoms with van der Waals surface area (Å²) < 4.78 is 48.3. The van der Waals surface area contributed by atoms with Crippen molar-refractivity contribution in [1.82, 2.24) is 0 Å². The number of esters is 1. The minimum Gasteiger partial charge on any atom is -0.453 e. The highest BCUT2D eigenvalue weighted by Gasteiger charge is 2.30. The van der Waals surface area contributed by atoms with Crippen LogP contribution in [0.15, 0.2) is 42.5 Å². The molecule has 0 aromatic heterocycles. The second-order valence-electron chi connectivity index (χ2n) is 4.31. The molecule has 3 nitrogen and oxygen atoms in total. The molecule has 116 valence electrons. The van der Waals surface area contributed by atoms with E-state index < -0.39 is 17.7 Å². The van der Waals surface area contributed by atoms with Crippen LogP contribution in [0.3, 0.4) is 0 Å². The number of carbonyl (C=O) groups excluding carboxylic acids is 1. The smallest absolute Gasteiger partial charge is 0.416 e. The highest BCUT2D eigenvalue weighted by atomic mass is 35.5. The molecule has 0 aliphatic heterocycles. The number of carbonyl (C=O) groups is 1. The number of hydrogen-bond acceptors (Lipinski definition) is 3. The second-order valence-corrected chi connectivity index (χ2v) is 4.75. The van der Waals surface area contributed by atoms with Crippen LogP contribution in [-0.4, -0.2) is 5.97 Å². The van der Waals surface area contributed by atoms with Crippen molar-refractivity contribution in [3.63, 3.8) is 0 Å². The summed E-state index contributed by atoms with van der Waals surface area (Å²) in [5.41, 5.74) is -0.846. The van der Waals surface area contributed by atoms with E-state index in [1.54, 1.807) is 0 Å². The molecule has 2 rings (SSSR count).